The van der Waals surface area contributed by atoms with Gasteiger partial charge in [-0.25, -0.2) is 4.98 Å². The molecule has 3 aliphatic heterocycles. The number of anilines is 4. The van der Waals surface area contributed by atoms with E-state index >= 15 is 0 Å². The Morgan fingerprint density at radius 1 is 0.534 bits per heavy atom. The minimum absolute atomic E-state index is 0.00396. The van der Waals surface area contributed by atoms with Crippen LogP contribution in [0.1, 0.15) is 26.3 Å². The second-order valence-electron chi connectivity index (χ2n) is 16.8. The summed E-state index contributed by atoms with van der Waals surface area (Å²) in [6.45, 7) is 7.46. The molecule has 0 saturated heterocycles. The molecule has 5 heterocycles. The van der Waals surface area contributed by atoms with Gasteiger partial charge in [-0.1, -0.05) is 124 Å². The van der Waals surface area contributed by atoms with Crippen LogP contribution in [0, 0.1) is 0 Å². The van der Waals surface area contributed by atoms with E-state index in [1.165, 1.54) is 71.0 Å². The van der Waals surface area contributed by atoms with Gasteiger partial charge >= 0.3 is 0 Å². The average Bonchev–Trinajstić information content (AvgIpc) is 3.90. The van der Waals surface area contributed by atoms with Gasteiger partial charge in [-0.2, -0.15) is 0 Å². The smallest absolute Gasteiger partial charge is 0.185 e. The van der Waals surface area contributed by atoms with Crippen LogP contribution in [-0.2, 0) is 5.41 Å². The predicted octanol–water partition coefficient (Wildman–Crippen LogP) is 10.2. The second kappa shape index (κ2) is 12.1. The van der Waals surface area contributed by atoms with E-state index in [4.69, 9.17) is 9.72 Å². The monoisotopic (exact) mass is 764 g/mol. The van der Waals surface area contributed by atoms with Crippen molar-refractivity contribution < 1.29 is 4.74 Å². The Labute approximate surface area is 339 Å². The molecular formula is C52H40N4OSi. The fourth-order valence-electron chi connectivity index (χ4n) is 10.1. The summed E-state index contributed by atoms with van der Waals surface area (Å²) < 4.78 is 9.24. The van der Waals surface area contributed by atoms with Gasteiger partial charge in [-0.3, -0.25) is 4.57 Å². The molecule has 0 N–H and O–H groups in total. The number of benzene rings is 7. The van der Waals surface area contributed by atoms with Gasteiger partial charge in [0.2, 0.25) is 0 Å². The van der Waals surface area contributed by atoms with Gasteiger partial charge in [0.15, 0.2) is 8.07 Å². The molecule has 6 heteroatoms. The highest BCUT2D eigenvalue weighted by molar-refractivity contribution is 7.23. The van der Waals surface area contributed by atoms with Gasteiger partial charge < -0.3 is 14.5 Å². The second-order valence-corrected chi connectivity index (χ2v) is 20.5. The van der Waals surface area contributed by atoms with E-state index in [9.17, 15) is 0 Å². The molecule has 5 nitrogen and oxygen atoms in total. The Bertz CT molecular complexity index is 3100. The van der Waals surface area contributed by atoms with Crippen molar-refractivity contribution in [1.82, 2.24) is 9.55 Å². The number of pyridine rings is 1. The maximum absolute atomic E-state index is 6.96. The van der Waals surface area contributed by atoms with E-state index in [0.717, 1.165) is 28.4 Å². The number of para-hydroxylation sites is 3. The number of aromatic nitrogens is 2. The van der Waals surface area contributed by atoms with Crippen molar-refractivity contribution in [2.75, 3.05) is 16.5 Å². The quantitative estimate of drug-likeness (QED) is 0.167. The summed E-state index contributed by atoms with van der Waals surface area (Å²) in [5.41, 5.74) is 11.1. The number of rotatable bonds is 4. The van der Waals surface area contributed by atoms with Crippen molar-refractivity contribution in [3.63, 3.8) is 0 Å². The van der Waals surface area contributed by atoms with Crippen LogP contribution in [-0.4, -0.2) is 24.3 Å². The highest BCUT2D eigenvalue weighted by atomic mass is 28.3. The van der Waals surface area contributed by atoms with E-state index in [1.807, 2.05) is 6.20 Å². The molecule has 0 unspecified atom stereocenters. The molecule has 0 bridgehead atoms. The summed E-state index contributed by atoms with van der Waals surface area (Å²) >= 11 is 0. The molecule has 278 valence electrons. The SMILES string of the molecule is CC(C)(C)c1ccnc(-n2c3ccccc3c3ccc(Oc4ccc5c(c4)N4CN(c6ccccc6)c6cccc(c64)[Si]54c5ccccc5-c5ccccc54)cc32)c1. The molecule has 0 atom stereocenters. The molecule has 0 fully saturated rings. The lowest BCUT2D eigenvalue weighted by atomic mass is 9.88. The number of nitrogens with zero attached hydrogens (tertiary/aromatic N) is 4. The Balaban J connectivity index is 1.05. The van der Waals surface area contributed by atoms with E-state index in [0.29, 0.717) is 6.67 Å². The number of fused-ring (bicyclic) bond motifs is 12. The van der Waals surface area contributed by atoms with Gasteiger partial charge in [-0.15, -0.1) is 0 Å². The van der Waals surface area contributed by atoms with Gasteiger partial charge in [0, 0.05) is 40.5 Å². The lowest BCUT2D eigenvalue weighted by molar-refractivity contribution is 0.483. The Hall–Kier alpha value is -6.89. The van der Waals surface area contributed by atoms with Crippen LogP contribution in [0.5, 0.6) is 11.5 Å². The van der Waals surface area contributed by atoms with Crippen molar-refractivity contribution in [3.8, 4) is 28.4 Å². The third kappa shape index (κ3) is 4.55. The Morgan fingerprint density at radius 3 is 2.00 bits per heavy atom. The van der Waals surface area contributed by atoms with Crippen LogP contribution in [0.2, 0.25) is 0 Å². The van der Waals surface area contributed by atoms with E-state index in [2.05, 4.69) is 205 Å². The molecule has 0 saturated carbocycles. The number of ether oxygens (including phenoxy) is 1. The molecule has 3 aliphatic rings. The molecule has 2 aromatic heterocycles. The first-order valence-electron chi connectivity index (χ1n) is 20.1. The first-order valence-corrected chi connectivity index (χ1v) is 22.1. The molecule has 0 radical (unpaired) electrons. The normalized spacial score (nSPS) is 14.5. The predicted molar refractivity (Wildman–Crippen MR) is 242 cm³/mol. The van der Waals surface area contributed by atoms with Crippen molar-refractivity contribution >= 4 is 73.4 Å². The van der Waals surface area contributed by atoms with Crippen molar-refractivity contribution in [2.24, 2.45) is 0 Å². The maximum Gasteiger partial charge on any atom is 0.185 e. The highest BCUT2D eigenvalue weighted by Crippen LogP contribution is 2.48. The average molecular weight is 765 g/mol. The summed E-state index contributed by atoms with van der Waals surface area (Å²) in [4.78, 5) is 9.91. The fraction of sp³-hybridized carbons (Fsp3) is 0.0962. The lowest BCUT2D eigenvalue weighted by Gasteiger charge is -2.41. The summed E-state index contributed by atoms with van der Waals surface area (Å²) in [5, 5.41) is 8.13. The van der Waals surface area contributed by atoms with Crippen molar-refractivity contribution in [2.45, 2.75) is 26.2 Å². The van der Waals surface area contributed by atoms with Crippen LogP contribution < -0.4 is 35.3 Å². The zero-order valence-electron chi connectivity index (χ0n) is 32.6. The minimum Gasteiger partial charge on any atom is -0.457 e. The first-order chi connectivity index (χ1) is 28.4. The lowest BCUT2D eigenvalue weighted by Crippen LogP contribution is -2.75. The number of hydrogen-bond donors (Lipinski definition) is 0. The van der Waals surface area contributed by atoms with Crippen LogP contribution in [0.25, 0.3) is 38.8 Å². The van der Waals surface area contributed by atoms with Gasteiger partial charge in [-0.05, 0) is 97.4 Å². The van der Waals surface area contributed by atoms with E-state index in [1.54, 1.807) is 0 Å². The van der Waals surface area contributed by atoms with Gasteiger partial charge in [0.1, 0.15) is 24.0 Å². The standard InChI is InChI=1S/C52H40N4OSi/c1-52(2,3)34-28-29-53-50(30-34)56-42-19-10-7-16-38(42)39-26-24-36(31-44(39)56)57-37-25-27-48-45(32-37)55-33-54(35-14-5-4-6-15-35)43-20-13-23-49(51(43)55)58(48)46-21-11-8-17-40(46)41-18-9-12-22-47(41)58/h4-32H,33H2,1-3H3. The van der Waals surface area contributed by atoms with Crippen LogP contribution in [0.15, 0.2) is 176 Å². The molecule has 0 aliphatic carbocycles. The first kappa shape index (κ1) is 33.3. The molecule has 7 aromatic carbocycles. The fourth-order valence-corrected chi connectivity index (χ4v) is 15.7. The minimum atomic E-state index is -2.73. The Kier molecular flexibility index (Phi) is 6.92. The summed E-state index contributed by atoms with van der Waals surface area (Å²) in [5.74, 6) is 2.51. The third-order valence-corrected chi connectivity index (χ3v) is 17.6. The van der Waals surface area contributed by atoms with Crippen molar-refractivity contribution in [1.29, 1.82) is 0 Å². The molecule has 9 aromatic rings. The zero-order valence-corrected chi connectivity index (χ0v) is 33.6. The van der Waals surface area contributed by atoms with E-state index in [-0.39, 0.29) is 5.41 Å². The zero-order chi connectivity index (χ0) is 38.8. The molecule has 1 spiro atoms. The van der Waals surface area contributed by atoms with Gasteiger partial charge in [0.25, 0.3) is 0 Å². The molecule has 0 amide bonds. The van der Waals surface area contributed by atoms with E-state index < -0.39 is 8.07 Å². The topological polar surface area (TPSA) is 33.5 Å². The third-order valence-electron chi connectivity index (χ3n) is 12.7. The van der Waals surface area contributed by atoms with Crippen LogP contribution in [0.3, 0.4) is 0 Å². The maximum atomic E-state index is 6.96. The molecule has 12 rings (SSSR count). The van der Waals surface area contributed by atoms with Gasteiger partial charge in [0.05, 0.1) is 22.4 Å². The summed E-state index contributed by atoms with van der Waals surface area (Å²) in [6, 6.07) is 62.4. The van der Waals surface area contributed by atoms with Crippen molar-refractivity contribution in [3.05, 3.63) is 182 Å². The van der Waals surface area contributed by atoms with Crippen LogP contribution in [0.4, 0.5) is 22.7 Å². The molecule has 58 heavy (non-hydrogen) atoms. The Morgan fingerprint density at radius 2 is 1.21 bits per heavy atom. The van der Waals surface area contributed by atoms with Crippen LogP contribution >= 0.6 is 0 Å². The molecular weight excluding hydrogens is 725 g/mol. The number of hydrogen-bond acceptors (Lipinski definition) is 4. The summed E-state index contributed by atoms with van der Waals surface area (Å²) in [6.07, 6.45) is 1.93. The summed E-state index contributed by atoms with van der Waals surface area (Å²) in [7, 11) is -2.73. The largest absolute Gasteiger partial charge is 0.457 e. The highest BCUT2D eigenvalue weighted by Gasteiger charge is 2.55.